The third-order valence-electron chi connectivity index (χ3n) is 6.31. The number of ether oxygens (including phenoxy) is 3. The molecule has 6 nitrogen and oxygen atoms in total. The standard InChI is InChI=1S/C26H38O6/c1-18(2)31-26(29)13-7-11-21-10-6-12-23-22(24(28)16-25(23)32-21)15-14-19(27)17-30-20-8-4-3-5-9-20/h3-5,8-9,14-15,18-19,21-25,27-28H,6-7,10-13,16-17H2,1-2H3/b15-14+/t19-,21-,22-,23-,24-,25+/m1/s1. The first kappa shape index (κ1) is 24.7. The third-order valence-corrected chi connectivity index (χ3v) is 6.31. The van der Waals surface area contributed by atoms with E-state index in [1.165, 1.54) is 0 Å². The van der Waals surface area contributed by atoms with E-state index >= 15 is 0 Å². The summed E-state index contributed by atoms with van der Waals surface area (Å²) in [5.41, 5.74) is 0. The summed E-state index contributed by atoms with van der Waals surface area (Å²) in [5, 5.41) is 20.9. The fourth-order valence-corrected chi connectivity index (χ4v) is 4.82. The van der Waals surface area contributed by atoms with Crippen LogP contribution in [0.25, 0.3) is 0 Å². The molecule has 1 heterocycles. The molecule has 1 saturated carbocycles. The molecule has 0 amide bonds. The van der Waals surface area contributed by atoms with E-state index < -0.39 is 12.2 Å². The molecule has 0 aromatic heterocycles. The molecular weight excluding hydrogens is 408 g/mol. The molecule has 0 unspecified atom stereocenters. The SMILES string of the molecule is CC(C)OC(=O)CCC[C@H]1CCC[C@@H]2[C@@H](/C=C/[C@@H](O)COc3ccccc3)[C@H](O)C[C@@H]2O1. The minimum Gasteiger partial charge on any atom is -0.491 e. The molecule has 2 aliphatic rings. The van der Waals surface area contributed by atoms with Crippen molar-refractivity contribution in [1.29, 1.82) is 0 Å². The molecule has 1 saturated heterocycles. The smallest absolute Gasteiger partial charge is 0.306 e. The van der Waals surface area contributed by atoms with E-state index in [2.05, 4.69) is 0 Å². The molecule has 0 bridgehead atoms. The van der Waals surface area contributed by atoms with E-state index in [1.54, 1.807) is 6.08 Å². The normalized spacial score (nSPS) is 29.0. The summed E-state index contributed by atoms with van der Waals surface area (Å²) in [6.45, 7) is 3.89. The molecular formula is C26H38O6. The van der Waals surface area contributed by atoms with E-state index in [1.807, 2.05) is 50.3 Å². The Labute approximate surface area is 191 Å². The van der Waals surface area contributed by atoms with Gasteiger partial charge in [0.25, 0.3) is 0 Å². The summed E-state index contributed by atoms with van der Waals surface area (Å²) in [7, 11) is 0. The summed E-state index contributed by atoms with van der Waals surface area (Å²) in [5.74, 6) is 0.801. The van der Waals surface area contributed by atoms with Gasteiger partial charge in [-0.25, -0.2) is 0 Å². The Morgan fingerprint density at radius 2 is 2.03 bits per heavy atom. The fourth-order valence-electron chi connectivity index (χ4n) is 4.82. The average molecular weight is 447 g/mol. The number of para-hydroxylation sites is 1. The van der Waals surface area contributed by atoms with Gasteiger partial charge in [-0.15, -0.1) is 0 Å². The summed E-state index contributed by atoms with van der Waals surface area (Å²) in [4.78, 5) is 11.8. The molecule has 1 aliphatic heterocycles. The van der Waals surface area contributed by atoms with E-state index in [0.29, 0.717) is 12.8 Å². The topological polar surface area (TPSA) is 85.2 Å². The van der Waals surface area contributed by atoms with Crippen LogP contribution in [0, 0.1) is 11.8 Å². The van der Waals surface area contributed by atoms with Crippen LogP contribution >= 0.6 is 0 Å². The molecule has 2 N–H and O–H groups in total. The Hall–Kier alpha value is -1.89. The van der Waals surface area contributed by atoms with Gasteiger partial charge in [0.15, 0.2) is 0 Å². The first-order valence-corrected chi connectivity index (χ1v) is 12.0. The van der Waals surface area contributed by atoms with Gasteiger partial charge in [0.05, 0.1) is 24.4 Å². The number of benzene rings is 1. The van der Waals surface area contributed by atoms with Crippen LogP contribution in [0.1, 0.15) is 58.8 Å². The van der Waals surface area contributed by atoms with Crippen LogP contribution in [-0.4, -0.2) is 53.3 Å². The molecule has 178 valence electrons. The van der Waals surface area contributed by atoms with Crippen molar-refractivity contribution in [3.8, 4) is 5.75 Å². The van der Waals surface area contributed by atoms with Gasteiger partial charge in [0.2, 0.25) is 0 Å². The minimum absolute atomic E-state index is 0.0208. The molecule has 6 atom stereocenters. The lowest BCUT2D eigenvalue weighted by molar-refractivity contribution is -0.147. The highest BCUT2D eigenvalue weighted by molar-refractivity contribution is 5.69. The van der Waals surface area contributed by atoms with Crippen LogP contribution in [-0.2, 0) is 14.3 Å². The zero-order valence-corrected chi connectivity index (χ0v) is 19.3. The van der Waals surface area contributed by atoms with Gasteiger partial charge >= 0.3 is 5.97 Å². The fraction of sp³-hybridized carbons (Fsp3) is 0.654. The van der Waals surface area contributed by atoms with Gasteiger partial charge in [-0.1, -0.05) is 36.8 Å². The Balaban J connectivity index is 1.46. The maximum absolute atomic E-state index is 11.8. The Bertz CT molecular complexity index is 718. The van der Waals surface area contributed by atoms with Crippen LogP contribution in [0.5, 0.6) is 5.75 Å². The second-order valence-electron chi connectivity index (χ2n) is 9.28. The Morgan fingerprint density at radius 1 is 1.25 bits per heavy atom. The molecule has 0 spiro atoms. The molecule has 1 aromatic carbocycles. The third kappa shape index (κ3) is 7.61. The molecule has 1 aromatic rings. The van der Waals surface area contributed by atoms with E-state index in [-0.39, 0.29) is 42.7 Å². The van der Waals surface area contributed by atoms with Gasteiger partial charge < -0.3 is 24.4 Å². The second kappa shape index (κ2) is 12.4. The van der Waals surface area contributed by atoms with Crippen molar-refractivity contribution in [3.05, 3.63) is 42.5 Å². The maximum atomic E-state index is 11.8. The average Bonchev–Trinajstić information content (AvgIpc) is 2.91. The van der Waals surface area contributed by atoms with Crippen LogP contribution in [0.4, 0.5) is 0 Å². The van der Waals surface area contributed by atoms with Crippen molar-refractivity contribution < 1.29 is 29.2 Å². The van der Waals surface area contributed by atoms with Crippen molar-refractivity contribution in [2.45, 2.75) is 89.3 Å². The first-order valence-electron chi connectivity index (χ1n) is 12.0. The van der Waals surface area contributed by atoms with Gasteiger partial charge in [-0.05, 0) is 57.6 Å². The van der Waals surface area contributed by atoms with Crippen molar-refractivity contribution in [2.24, 2.45) is 11.8 Å². The molecule has 0 radical (unpaired) electrons. The van der Waals surface area contributed by atoms with Gasteiger partial charge in [-0.3, -0.25) is 4.79 Å². The largest absolute Gasteiger partial charge is 0.491 e. The van der Waals surface area contributed by atoms with E-state index in [0.717, 1.165) is 37.9 Å². The molecule has 32 heavy (non-hydrogen) atoms. The molecule has 2 fully saturated rings. The highest BCUT2D eigenvalue weighted by Gasteiger charge is 2.43. The number of hydrogen-bond acceptors (Lipinski definition) is 6. The van der Waals surface area contributed by atoms with Crippen molar-refractivity contribution >= 4 is 5.97 Å². The number of aliphatic hydroxyl groups excluding tert-OH is 2. The lowest BCUT2D eigenvalue weighted by atomic mass is 9.88. The number of rotatable bonds is 10. The van der Waals surface area contributed by atoms with Crippen molar-refractivity contribution in [3.63, 3.8) is 0 Å². The second-order valence-corrected chi connectivity index (χ2v) is 9.28. The zero-order valence-electron chi connectivity index (χ0n) is 19.3. The van der Waals surface area contributed by atoms with Crippen LogP contribution in [0.15, 0.2) is 42.5 Å². The van der Waals surface area contributed by atoms with Gasteiger partial charge in [0, 0.05) is 18.8 Å². The predicted molar refractivity (Wildman–Crippen MR) is 122 cm³/mol. The monoisotopic (exact) mass is 446 g/mol. The van der Waals surface area contributed by atoms with E-state index in [4.69, 9.17) is 14.2 Å². The number of carbonyl (C=O) groups is 1. The number of carbonyl (C=O) groups excluding carboxylic acids is 1. The lowest BCUT2D eigenvalue weighted by Gasteiger charge is -2.23. The van der Waals surface area contributed by atoms with Crippen LogP contribution in [0.3, 0.4) is 0 Å². The first-order chi connectivity index (χ1) is 15.4. The zero-order chi connectivity index (χ0) is 22.9. The summed E-state index contributed by atoms with van der Waals surface area (Å²) in [6.07, 6.45) is 8.19. The number of aliphatic hydroxyl groups is 2. The van der Waals surface area contributed by atoms with Gasteiger partial charge in [0.1, 0.15) is 18.5 Å². The summed E-state index contributed by atoms with van der Waals surface area (Å²) < 4.78 is 17.2. The highest BCUT2D eigenvalue weighted by atomic mass is 16.5. The highest BCUT2D eigenvalue weighted by Crippen LogP contribution is 2.42. The summed E-state index contributed by atoms with van der Waals surface area (Å²) in [6, 6.07) is 9.41. The molecule has 6 heteroatoms. The Morgan fingerprint density at radius 3 is 2.78 bits per heavy atom. The molecule has 3 rings (SSSR count). The minimum atomic E-state index is -0.730. The van der Waals surface area contributed by atoms with Crippen molar-refractivity contribution in [2.75, 3.05) is 6.61 Å². The quantitative estimate of drug-likeness (QED) is 0.417. The van der Waals surface area contributed by atoms with Crippen molar-refractivity contribution in [1.82, 2.24) is 0 Å². The number of fused-ring (bicyclic) bond motifs is 1. The summed E-state index contributed by atoms with van der Waals surface area (Å²) >= 11 is 0. The maximum Gasteiger partial charge on any atom is 0.306 e. The number of esters is 1. The molecule has 1 aliphatic carbocycles. The predicted octanol–water partition coefficient (Wildman–Crippen LogP) is 4.04. The number of hydrogen-bond donors (Lipinski definition) is 2. The lowest BCUT2D eigenvalue weighted by Crippen LogP contribution is -2.24. The van der Waals surface area contributed by atoms with Gasteiger partial charge in [-0.2, -0.15) is 0 Å². The van der Waals surface area contributed by atoms with Crippen LogP contribution in [0.2, 0.25) is 0 Å². The van der Waals surface area contributed by atoms with E-state index in [9.17, 15) is 15.0 Å². The Kier molecular flexibility index (Phi) is 9.57. The van der Waals surface area contributed by atoms with Crippen LogP contribution < -0.4 is 4.74 Å².